The van der Waals surface area contributed by atoms with Gasteiger partial charge in [0.15, 0.2) is 0 Å². The smallest absolute Gasteiger partial charge is 0.259 e. The van der Waals surface area contributed by atoms with E-state index in [9.17, 15) is 4.79 Å². The molecule has 0 fully saturated rings. The van der Waals surface area contributed by atoms with E-state index in [1.165, 1.54) is 0 Å². The minimum absolute atomic E-state index is 0.0218. The van der Waals surface area contributed by atoms with Crippen LogP contribution in [0.15, 0.2) is 41.1 Å². The van der Waals surface area contributed by atoms with Crippen LogP contribution >= 0.6 is 0 Å². The van der Waals surface area contributed by atoms with Crippen molar-refractivity contribution in [1.29, 1.82) is 0 Å². The van der Waals surface area contributed by atoms with Crippen LogP contribution < -0.4 is 0 Å². The monoisotopic (exact) mass is 325 g/mol. The van der Waals surface area contributed by atoms with Crippen LogP contribution in [0.1, 0.15) is 46.8 Å². The van der Waals surface area contributed by atoms with Gasteiger partial charge >= 0.3 is 0 Å². The van der Waals surface area contributed by atoms with Gasteiger partial charge in [-0.15, -0.1) is 0 Å². The van der Waals surface area contributed by atoms with Gasteiger partial charge in [-0.3, -0.25) is 9.78 Å². The van der Waals surface area contributed by atoms with Crippen molar-refractivity contribution in [3.05, 3.63) is 59.3 Å². The van der Waals surface area contributed by atoms with E-state index in [-0.39, 0.29) is 5.91 Å². The first kappa shape index (κ1) is 16.4. The van der Waals surface area contributed by atoms with Crippen LogP contribution in [0.2, 0.25) is 0 Å². The molecule has 0 aromatic carbocycles. The quantitative estimate of drug-likeness (QED) is 0.787. The second-order valence-electron chi connectivity index (χ2n) is 6.36. The summed E-state index contributed by atoms with van der Waals surface area (Å²) < 4.78 is 5.18. The number of rotatable bonds is 5. The number of carbonyl (C=O) groups excluding carboxylic acids is 1. The zero-order valence-electron chi connectivity index (χ0n) is 14.2. The number of nitrogens with zero attached hydrogens (tertiary/aromatic N) is 3. The maximum Gasteiger partial charge on any atom is 0.259 e. The average molecular weight is 325 g/mol. The summed E-state index contributed by atoms with van der Waals surface area (Å²) in [6.07, 6.45) is 9.42. The molecule has 1 unspecified atom stereocenters. The molecule has 0 radical (unpaired) electrons. The molecule has 3 rings (SSSR count). The zero-order chi connectivity index (χ0) is 16.9. The lowest BCUT2D eigenvalue weighted by Crippen LogP contribution is -2.36. The highest BCUT2D eigenvalue weighted by molar-refractivity contribution is 5.96. The lowest BCUT2D eigenvalue weighted by atomic mass is 9.93. The van der Waals surface area contributed by atoms with Crippen LogP contribution in [-0.2, 0) is 6.54 Å². The van der Waals surface area contributed by atoms with Crippen LogP contribution in [-0.4, -0.2) is 27.5 Å². The van der Waals surface area contributed by atoms with Crippen LogP contribution in [0.3, 0.4) is 0 Å². The Bertz CT molecular complexity index is 702. The molecule has 2 aromatic heterocycles. The van der Waals surface area contributed by atoms with E-state index in [1.54, 1.807) is 13.1 Å². The van der Waals surface area contributed by atoms with Crippen molar-refractivity contribution in [3.8, 4) is 0 Å². The van der Waals surface area contributed by atoms with Crippen molar-refractivity contribution < 1.29 is 9.32 Å². The van der Waals surface area contributed by atoms with Gasteiger partial charge in [-0.05, 0) is 51.2 Å². The molecule has 0 saturated heterocycles. The Balaban J connectivity index is 1.83. The molecule has 126 valence electrons. The van der Waals surface area contributed by atoms with Crippen molar-refractivity contribution in [2.45, 2.75) is 39.7 Å². The second kappa shape index (κ2) is 7.43. The number of amides is 1. The molecule has 1 aliphatic rings. The SMILES string of the molecule is Cc1noc(C)c1C(=O)N(Cc1ccccn1)CC1CC=CCC1. The molecular weight excluding hydrogens is 302 g/mol. The highest BCUT2D eigenvalue weighted by Gasteiger charge is 2.26. The molecule has 24 heavy (non-hydrogen) atoms. The van der Waals surface area contributed by atoms with Gasteiger partial charge in [0.2, 0.25) is 0 Å². The fourth-order valence-corrected chi connectivity index (χ4v) is 3.19. The topological polar surface area (TPSA) is 59.2 Å². The molecule has 1 atom stereocenters. The van der Waals surface area contributed by atoms with Crippen molar-refractivity contribution in [3.63, 3.8) is 0 Å². The molecule has 0 spiro atoms. The molecule has 0 bridgehead atoms. The predicted molar refractivity (Wildman–Crippen MR) is 91.4 cm³/mol. The van der Waals surface area contributed by atoms with E-state index in [0.29, 0.717) is 29.5 Å². The normalized spacial score (nSPS) is 17.0. The third kappa shape index (κ3) is 3.72. The molecule has 1 amide bonds. The maximum absolute atomic E-state index is 13.1. The first-order valence-electron chi connectivity index (χ1n) is 8.42. The summed E-state index contributed by atoms with van der Waals surface area (Å²) in [5, 5.41) is 3.92. The number of aromatic nitrogens is 2. The molecule has 5 heteroatoms. The Labute approximate surface area is 142 Å². The molecule has 2 heterocycles. The minimum Gasteiger partial charge on any atom is -0.361 e. The first-order valence-corrected chi connectivity index (χ1v) is 8.42. The summed E-state index contributed by atoms with van der Waals surface area (Å²) in [5.41, 5.74) is 2.12. The average Bonchev–Trinajstić information content (AvgIpc) is 2.94. The molecule has 5 nitrogen and oxygen atoms in total. The molecule has 0 N–H and O–H groups in total. The molecule has 0 aliphatic heterocycles. The predicted octanol–water partition coefficient (Wildman–Crippen LogP) is 3.69. The van der Waals surface area contributed by atoms with Gasteiger partial charge in [0.1, 0.15) is 11.3 Å². The van der Waals surface area contributed by atoms with Crippen molar-refractivity contribution in [2.75, 3.05) is 6.54 Å². The summed E-state index contributed by atoms with van der Waals surface area (Å²) in [6.45, 7) is 4.83. The van der Waals surface area contributed by atoms with Crippen LogP contribution in [0, 0.1) is 19.8 Å². The standard InChI is InChI=1S/C19H23N3O2/c1-14-18(15(2)24-21-14)19(23)22(12-16-8-4-3-5-9-16)13-17-10-6-7-11-20-17/h3-4,6-7,10-11,16H,5,8-9,12-13H2,1-2H3. The van der Waals surface area contributed by atoms with Crippen LogP contribution in [0.4, 0.5) is 0 Å². The van der Waals surface area contributed by atoms with Gasteiger partial charge in [-0.1, -0.05) is 23.4 Å². The minimum atomic E-state index is -0.0218. The highest BCUT2D eigenvalue weighted by atomic mass is 16.5. The van der Waals surface area contributed by atoms with E-state index in [0.717, 1.165) is 31.5 Å². The zero-order valence-corrected chi connectivity index (χ0v) is 14.2. The third-order valence-corrected chi connectivity index (χ3v) is 4.47. The number of hydrogen-bond donors (Lipinski definition) is 0. The Morgan fingerprint density at radius 3 is 2.83 bits per heavy atom. The van der Waals surface area contributed by atoms with Gasteiger partial charge in [-0.2, -0.15) is 0 Å². The number of allylic oxidation sites excluding steroid dienone is 2. The molecule has 1 aliphatic carbocycles. The second-order valence-corrected chi connectivity index (χ2v) is 6.36. The summed E-state index contributed by atoms with van der Waals surface area (Å²) >= 11 is 0. The summed E-state index contributed by atoms with van der Waals surface area (Å²) in [6, 6.07) is 5.79. The summed E-state index contributed by atoms with van der Waals surface area (Å²) in [4.78, 5) is 19.4. The Hall–Kier alpha value is -2.43. The molecular formula is C19H23N3O2. The van der Waals surface area contributed by atoms with Crippen LogP contribution in [0.5, 0.6) is 0 Å². The fraction of sp³-hybridized carbons (Fsp3) is 0.421. The molecule has 2 aromatic rings. The summed E-state index contributed by atoms with van der Waals surface area (Å²) in [5.74, 6) is 1.04. The maximum atomic E-state index is 13.1. The van der Waals surface area contributed by atoms with E-state index in [4.69, 9.17) is 4.52 Å². The number of aryl methyl sites for hydroxylation is 2. The number of hydrogen-bond acceptors (Lipinski definition) is 4. The first-order chi connectivity index (χ1) is 11.6. The van der Waals surface area contributed by atoms with Gasteiger partial charge in [0, 0.05) is 12.7 Å². The van der Waals surface area contributed by atoms with Crippen molar-refractivity contribution in [1.82, 2.24) is 15.0 Å². The summed E-state index contributed by atoms with van der Waals surface area (Å²) in [7, 11) is 0. The molecule has 0 saturated carbocycles. The van der Waals surface area contributed by atoms with E-state index >= 15 is 0 Å². The fourth-order valence-electron chi connectivity index (χ4n) is 3.19. The van der Waals surface area contributed by atoms with Gasteiger partial charge in [-0.25, -0.2) is 0 Å². The Morgan fingerprint density at radius 2 is 2.21 bits per heavy atom. The van der Waals surface area contributed by atoms with Gasteiger partial charge < -0.3 is 9.42 Å². The van der Waals surface area contributed by atoms with Crippen LogP contribution in [0.25, 0.3) is 0 Å². The van der Waals surface area contributed by atoms with E-state index < -0.39 is 0 Å². The van der Waals surface area contributed by atoms with E-state index in [1.807, 2.05) is 30.0 Å². The Kier molecular flexibility index (Phi) is 5.08. The number of pyridine rings is 1. The van der Waals surface area contributed by atoms with Crippen molar-refractivity contribution >= 4 is 5.91 Å². The number of carbonyl (C=O) groups is 1. The lowest BCUT2D eigenvalue weighted by Gasteiger charge is -2.28. The van der Waals surface area contributed by atoms with Crippen molar-refractivity contribution in [2.24, 2.45) is 5.92 Å². The van der Waals surface area contributed by atoms with Gasteiger partial charge in [0.25, 0.3) is 5.91 Å². The Morgan fingerprint density at radius 1 is 1.33 bits per heavy atom. The largest absolute Gasteiger partial charge is 0.361 e. The van der Waals surface area contributed by atoms with Gasteiger partial charge in [0.05, 0.1) is 17.9 Å². The lowest BCUT2D eigenvalue weighted by molar-refractivity contribution is 0.0705. The third-order valence-electron chi connectivity index (χ3n) is 4.47. The highest BCUT2D eigenvalue weighted by Crippen LogP contribution is 2.23. The van der Waals surface area contributed by atoms with E-state index in [2.05, 4.69) is 22.3 Å².